The fourth-order valence-corrected chi connectivity index (χ4v) is 2.45. The monoisotopic (exact) mass is 296 g/mol. The molecule has 0 unspecified atom stereocenters. The Balaban J connectivity index is 2.05. The SMILES string of the molecule is O=c1[nH]c2cccnc2c2nc(-c3ccc(Cl)cc3)cn12. The van der Waals surface area contributed by atoms with Gasteiger partial charge < -0.3 is 4.98 Å². The standard InChI is InChI=1S/C15H9ClN4O/c16-10-5-3-9(4-6-10)12-8-20-14(18-12)13-11(19-15(20)21)2-1-7-17-13/h1-8H,(H,19,21). The lowest BCUT2D eigenvalue weighted by molar-refractivity contribution is 1.03. The van der Waals surface area contributed by atoms with Crippen LogP contribution in [-0.2, 0) is 0 Å². The van der Waals surface area contributed by atoms with Crippen LogP contribution in [0.2, 0.25) is 5.02 Å². The van der Waals surface area contributed by atoms with Gasteiger partial charge in [0.15, 0.2) is 5.65 Å². The zero-order chi connectivity index (χ0) is 14.4. The maximum Gasteiger partial charge on any atom is 0.331 e. The molecule has 4 aromatic rings. The second-order valence-corrected chi connectivity index (χ2v) is 5.09. The van der Waals surface area contributed by atoms with Crippen LogP contribution in [-0.4, -0.2) is 19.4 Å². The fourth-order valence-electron chi connectivity index (χ4n) is 2.32. The molecule has 21 heavy (non-hydrogen) atoms. The van der Waals surface area contributed by atoms with Gasteiger partial charge in [0.1, 0.15) is 5.52 Å². The van der Waals surface area contributed by atoms with E-state index in [1.807, 2.05) is 12.1 Å². The van der Waals surface area contributed by atoms with E-state index in [1.165, 1.54) is 4.40 Å². The zero-order valence-electron chi connectivity index (χ0n) is 10.7. The van der Waals surface area contributed by atoms with Gasteiger partial charge in [0, 0.05) is 23.0 Å². The molecule has 0 radical (unpaired) electrons. The first-order valence-electron chi connectivity index (χ1n) is 6.34. The Morgan fingerprint density at radius 2 is 1.95 bits per heavy atom. The summed E-state index contributed by atoms with van der Waals surface area (Å²) in [5, 5.41) is 0.660. The second-order valence-electron chi connectivity index (χ2n) is 4.66. The molecule has 0 fully saturated rings. The maximum absolute atomic E-state index is 12.1. The van der Waals surface area contributed by atoms with Gasteiger partial charge in [0.2, 0.25) is 0 Å². The van der Waals surface area contributed by atoms with E-state index in [4.69, 9.17) is 11.6 Å². The number of H-pyrrole nitrogens is 1. The van der Waals surface area contributed by atoms with Gasteiger partial charge in [-0.2, -0.15) is 0 Å². The number of pyridine rings is 1. The quantitative estimate of drug-likeness (QED) is 0.587. The second kappa shape index (κ2) is 4.43. The number of rotatable bonds is 1. The number of nitrogens with zero attached hydrogens (tertiary/aromatic N) is 3. The molecule has 0 saturated carbocycles. The van der Waals surface area contributed by atoms with Gasteiger partial charge in [-0.05, 0) is 24.3 Å². The minimum absolute atomic E-state index is 0.238. The van der Waals surface area contributed by atoms with Crippen molar-refractivity contribution in [2.75, 3.05) is 0 Å². The van der Waals surface area contributed by atoms with Gasteiger partial charge in [-0.3, -0.25) is 4.98 Å². The molecule has 0 spiro atoms. The van der Waals surface area contributed by atoms with E-state index >= 15 is 0 Å². The highest BCUT2D eigenvalue weighted by molar-refractivity contribution is 6.30. The first kappa shape index (κ1) is 12.1. The van der Waals surface area contributed by atoms with Crippen molar-refractivity contribution in [1.82, 2.24) is 19.4 Å². The number of halogens is 1. The highest BCUT2D eigenvalue weighted by Crippen LogP contribution is 2.22. The molecular formula is C15H9ClN4O. The van der Waals surface area contributed by atoms with Crippen molar-refractivity contribution in [2.24, 2.45) is 0 Å². The zero-order valence-corrected chi connectivity index (χ0v) is 11.5. The molecule has 0 saturated heterocycles. The van der Waals surface area contributed by atoms with Crippen molar-refractivity contribution >= 4 is 28.3 Å². The summed E-state index contributed by atoms with van der Waals surface area (Å²) in [5.41, 5.74) is 3.24. The Kier molecular flexibility index (Phi) is 2.55. The number of aromatic amines is 1. The molecule has 5 nitrogen and oxygen atoms in total. The molecule has 6 heteroatoms. The molecule has 0 aliphatic rings. The van der Waals surface area contributed by atoms with E-state index in [1.54, 1.807) is 36.7 Å². The van der Waals surface area contributed by atoms with Gasteiger partial charge in [-0.1, -0.05) is 23.7 Å². The molecule has 0 aliphatic heterocycles. The summed E-state index contributed by atoms with van der Waals surface area (Å²) in [6.07, 6.45) is 3.38. The van der Waals surface area contributed by atoms with Crippen molar-refractivity contribution in [3.05, 3.63) is 64.3 Å². The summed E-state index contributed by atoms with van der Waals surface area (Å²) in [4.78, 5) is 23.7. The average Bonchev–Trinajstić information content (AvgIpc) is 2.94. The predicted octanol–water partition coefficient (Wildman–Crippen LogP) is 2.89. The van der Waals surface area contributed by atoms with Crippen LogP contribution in [0.3, 0.4) is 0 Å². The Labute approximate surface area is 123 Å². The Morgan fingerprint density at radius 3 is 2.76 bits per heavy atom. The number of fused-ring (bicyclic) bond motifs is 3. The molecule has 3 heterocycles. The third-order valence-corrected chi connectivity index (χ3v) is 3.58. The summed E-state index contributed by atoms with van der Waals surface area (Å²) in [6.45, 7) is 0. The van der Waals surface area contributed by atoms with Crippen LogP contribution in [0.25, 0.3) is 27.9 Å². The van der Waals surface area contributed by atoms with Gasteiger partial charge in [0.25, 0.3) is 0 Å². The van der Waals surface area contributed by atoms with Crippen molar-refractivity contribution in [2.45, 2.75) is 0 Å². The van der Waals surface area contributed by atoms with Crippen LogP contribution in [0, 0.1) is 0 Å². The molecule has 3 aromatic heterocycles. The van der Waals surface area contributed by atoms with E-state index in [9.17, 15) is 4.79 Å². The van der Waals surface area contributed by atoms with E-state index < -0.39 is 0 Å². The number of imidazole rings is 1. The molecule has 0 atom stereocenters. The lowest BCUT2D eigenvalue weighted by atomic mass is 10.2. The highest BCUT2D eigenvalue weighted by Gasteiger charge is 2.11. The molecule has 4 rings (SSSR count). The first-order valence-corrected chi connectivity index (χ1v) is 6.72. The topological polar surface area (TPSA) is 63.0 Å². The Bertz CT molecular complexity index is 1020. The van der Waals surface area contributed by atoms with Crippen molar-refractivity contribution in [3.8, 4) is 11.3 Å². The third kappa shape index (κ3) is 1.90. The Hall–Kier alpha value is -2.66. The van der Waals surface area contributed by atoms with Crippen LogP contribution in [0.1, 0.15) is 0 Å². The number of hydrogen-bond acceptors (Lipinski definition) is 3. The van der Waals surface area contributed by atoms with Crippen molar-refractivity contribution < 1.29 is 0 Å². The highest BCUT2D eigenvalue weighted by atomic mass is 35.5. The maximum atomic E-state index is 12.1. The normalized spacial score (nSPS) is 11.3. The summed E-state index contributed by atoms with van der Waals surface area (Å²) >= 11 is 5.89. The van der Waals surface area contributed by atoms with E-state index in [0.29, 0.717) is 27.4 Å². The largest absolute Gasteiger partial charge is 0.331 e. The van der Waals surface area contributed by atoms with Crippen LogP contribution >= 0.6 is 11.6 Å². The third-order valence-electron chi connectivity index (χ3n) is 3.33. The van der Waals surface area contributed by atoms with Crippen LogP contribution < -0.4 is 5.69 Å². The number of nitrogens with one attached hydrogen (secondary N) is 1. The molecular weight excluding hydrogens is 288 g/mol. The van der Waals surface area contributed by atoms with Gasteiger partial charge in [-0.25, -0.2) is 14.2 Å². The smallest absolute Gasteiger partial charge is 0.305 e. The van der Waals surface area contributed by atoms with E-state index in [0.717, 1.165) is 5.56 Å². The van der Waals surface area contributed by atoms with Crippen LogP contribution in [0.5, 0.6) is 0 Å². The van der Waals surface area contributed by atoms with Crippen molar-refractivity contribution in [3.63, 3.8) is 0 Å². The molecule has 0 aliphatic carbocycles. The minimum atomic E-state index is -0.238. The summed E-state index contributed by atoms with van der Waals surface area (Å²) in [6, 6.07) is 10.9. The van der Waals surface area contributed by atoms with E-state index in [-0.39, 0.29) is 5.69 Å². The Morgan fingerprint density at radius 1 is 1.14 bits per heavy atom. The molecule has 0 bridgehead atoms. The van der Waals surface area contributed by atoms with Gasteiger partial charge in [-0.15, -0.1) is 0 Å². The predicted molar refractivity (Wildman–Crippen MR) is 81.6 cm³/mol. The van der Waals surface area contributed by atoms with Gasteiger partial charge >= 0.3 is 5.69 Å². The number of benzene rings is 1. The van der Waals surface area contributed by atoms with E-state index in [2.05, 4.69) is 15.0 Å². The summed E-state index contributed by atoms with van der Waals surface area (Å²) in [7, 11) is 0. The molecule has 1 aromatic carbocycles. The fraction of sp³-hybridized carbons (Fsp3) is 0. The van der Waals surface area contributed by atoms with Crippen LogP contribution in [0.15, 0.2) is 53.6 Å². The lowest BCUT2D eigenvalue weighted by Crippen LogP contribution is -2.15. The minimum Gasteiger partial charge on any atom is -0.305 e. The number of aromatic nitrogens is 4. The summed E-state index contributed by atoms with van der Waals surface area (Å²) in [5.74, 6) is 0. The number of hydrogen-bond donors (Lipinski definition) is 1. The first-order chi connectivity index (χ1) is 10.2. The summed E-state index contributed by atoms with van der Waals surface area (Å²) < 4.78 is 1.47. The van der Waals surface area contributed by atoms with Gasteiger partial charge in [0.05, 0.1) is 11.2 Å². The lowest BCUT2D eigenvalue weighted by Gasteiger charge is -1.97. The van der Waals surface area contributed by atoms with Crippen molar-refractivity contribution in [1.29, 1.82) is 0 Å². The average molecular weight is 297 g/mol. The molecule has 102 valence electrons. The molecule has 1 N–H and O–H groups in total. The van der Waals surface area contributed by atoms with Crippen LogP contribution in [0.4, 0.5) is 0 Å². The molecule has 0 amide bonds.